The lowest BCUT2D eigenvalue weighted by Crippen LogP contribution is -2.54. The van der Waals surface area contributed by atoms with Crippen molar-refractivity contribution in [2.24, 2.45) is 0 Å². The first-order chi connectivity index (χ1) is 9.58. The molecule has 0 radical (unpaired) electrons. The minimum atomic E-state index is -4.75. The van der Waals surface area contributed by atoms with Crippen LogP contribution in [0.5, 0.6) is 0 Å². The van der Waals surface area contributed by atoms with Crippen LogP contribution >= 0.6 is 15.9 Å². The van der Waals surface area contributed by atoms with E-state index in [9.17, 15) is 26.7 Å². The minimum Gasteiger partial charge on any atom is -0.380 e. The smallest absolute Gasteiger partial charge is 0.380 e. The Morgan fingerprint density at radius 1 is 1.19 bits per heavy atom. The van der Waals surface area contributed by atoms with Gasteiger partial charge in [-0.1, -0.05) is 12.1 Å². The van der Waals surface area contributed by atoms with Gasteiger partial charge in [-0.25, -0.2) is 8.42 Å². The van der Waals surface area contributed by atoms with E-state index in [0.717, 1.165) is 4.31 Å². The number of nitrogens with zero attached hydrogens (tertiary/aromatic N) is 1. The Morgan fingerprint density at radius 3 is 2.19 bits per heavy atom. The van der Waals surface area contributed by atoms with Crippen molar-refractivity contribution in [2.75, 3.05) is 13.1 Å². The zero-order valence-corrected chi connectivity index (χ0v) is 13.2. The van der Waals surface area contributed by atoms with E-state index in [-0.39, 0.29) is 18.0 Å². The first kappa shape index (κ1) is 16.7. The highest BCUT2D eigenvalue weighted by atomic mass is 79.9. The molecule has 1 aromatic carbocycles. The number of alkyl halides is 3. The fraction of sp³-hybridized carbons (Fsp3) is 0.500. The largest absolute Gasteiger partial charge is 0.417 e. The number of hydrogen-bond acceptors (Lipinski definition) is 3. The SMILES string of the molecule is O=S(=O)(c1ccccc1Br)N1CCC(O)(C(F)(F)F)CC1. The molecule has 0 spiro atoms. The van der Waals surface area contributed by atoms with Crippen LogP contribution in [0.3, 0.4) is 0 Å². The first-order valence-corrected chi connectivity index (χ1v) is 8.35. The standard InChI is InChI=1S/C12H13BrF3NO3S/c13-9-3-1-2-4-10(9)21(19,20)17-7-5-11(18,6-8-17)12(14,15)16/h1-4,18H,5-8H2. The number of halogens is 4. The van der Waals surface area contributed by atoms with Gasteiger partial charge < -0.3 is 5.11 Å². The fourth-order valence-corrected chi connectivity index (χ4v) is 4.58. The predicted molar refractivity (Wildman–Crippen MR) is 73.1 cm³/mol. The van der Waals surface area contributed by atoms with Gasteiger partial charge in [-0.05, 0) is 40.9 Å². The van der Waals surface area contributed by atoms with Gasteiger partial charge in [-0.15, -0.1) is 0 Å². The quantitative estimate of drug-likeness (QED) is 0.847. The van der Waals surface area contributed by atoms with Gasteiger partial charge in [0.1, 0.15) is 0 Å². The van der Waals surface area contributed by atoms with E-state index in [1.54, 1.807) is 12.1 Å². The normalized spacial score (nSPS) is 20.4. The van der Waals surface area contributed by atoms with Crippen molar-refractivity contribution >= 4 is 26.0 Å². The van der Waals surface area contributed by atoms with Crippen LogP contribution < -0.4 is 0 Å². The first-order valence-electron chi connectivity index (χ1n) is 6.12. The molecule has 0 unspecified atom stereocenters. The average molecular weight is 388 g/mol. The highest BCUT2D eigenvalue weighted by molar-refractivity contribution is 9.10. The van der Waals surface area contributed by atoms with Crippen molar-refractivity contribution in [1.82, 2.24) is 4.31 Å². The lowest BCUT2D eigenvalue weighted by atomic mass is 9.92. The van der Waals surface area contributed by atoms with Crippen molar-refractivity contribution in [3.05, 3.63) is 28.7 Å². The van der Waals surface area contributed by atoms with E-state index in [2.05, 4.69) is 15.9 Å². The fourth-order valence-electron chi connectivity index (χ4n) is 2.17. The summed E-state index contributed by atoms with van der Waals surface area (Å²) in [4.78, 5) is 0.00227. The molecule has 1 saturated heterocycles. The molecule has 9 heteroatoms. The van der Waals surface area contributed by atoms with Gasteiger partial charge in [0.25, 0.3) is 0 Å². The molecule has 1 heterocycles. The highest BCUT2D eigenvalue weighted by Crippen LogP contribution is 2.39. The van der Waals surface area contributed by atoms with E-state index < -0.39 is 34.6 Å². The third kappa shape index (κ3) is 3.10. The van der Waals surface area contributed by atoms with Gasteiger partial charge in [0.05, 0.1) is 4.90 Å². The topological polar surface area (TPSA) is 57.6 Å². The number of hydrogen-bond donors (Lipinski definition) is 1. The molecule has 0 aromatic heterocycles. The third-order valence-electron chi connectivity index (χ3n) is 3.53. The van der Waals surface area contributed by atoms with Gasteiger partial charge in [-0.2, -0.15) is 17.5 Å². The van der Waals surface area contributed by atoms with Gasteiger partial charge in [0.15, 0.2) is 5.60 Å². The summed E-state index contributed by atoms with van der Waals surface area (Å²) < 4.78 is 64.3. The monoisotopic (exact) mass is 387 g/mol. The van der Waals surface area contributed by atoms with E-state index in [1.807, 2.05) is 0 Å². The maximum Gasteiger partial charge on any atom is 0.417 e. The second kappa shape index (κ2) is 5.53. The maximum absolute atomic E-state index is 12.7. The van der Waals surface area contributed by atoms with Gasteiger partial charge in [0, 0.05) is 17.6 Å². The molecular formula is C12H13BrF3NO3S. The lowest BCUT2D eigenvalue weighted by molar-refractivity contribution is -0.270. The second-order valence-corrected chi connectivity index (χ2v) is 7.62. The molecule has 0 amide bonds. The van der Waals surface area contributed by atoms with Crippen LogP contribution in [0, 0.1) is 0 Å². The Bertz CT molecular complexity index is 625. The van der Waals surface area contributed by atoms with E-state index in [4.69, 9.17) is 0 Å². The zero-order valence-electron chi connectivity index (χ0n) is 10.8. The Kier molecular flexibility index (Phi) is 4.40. The maximum atomic E-state index is 12.7. The molecule has 1 aliphatic rings. The molecule has 1 aromatic rings. The Morgan fingerprint density at radius 2 is 1.71 bits per heavy atom. The van der Waals surface area contributed by atoms with E-state index in [1.165, 1.54) is 12.1 Å². The highest BCUT2D eigenvalue weighted by Gasteiger charge is 2.55. The second-order valence-electron chi connectivity index (χ2n) is 4.86. The van der Waals surface area contributed by atoms with Gasteiger partial charge >= 0.3 is 6.18 Å². The zero-order chi connectivity index (χ0) is 15.9. The third-order valence-corrected chi connectivity index (χ3v) is 6.44. The molecule has 0 bridgehead atoms. The Balaban J connectivity index is 2.21. The summed E-state index contributed by atoms with van der Waals surface area (Å²) in [6.45, 7) is -0.751. The van der Waals surface area contributed by atoms with Crippen LogP contribution in [0.4, 0.5) is 13.2 Å². The van der Waals surface area contributed by atoms with Crippen molar-refractivity contribution in [1.29, 1.82) is 0 Å². The summed E-state index contributed by atoms with van der Waals surface area (Å²) in [5.74, 6) is 0. The number of sulfonamides is 1. The molecule has 1 aliphatic heterocycles. The average Bonchev–Trinajstić information content (AvgIpc) is 2.38. The van der Waals surface area contributed by atoms with Crippen LogP contribution in [0.1, 0.15) is 12.8 Å². The number of piperidine rings is 1. The van der Waals surface area contributed by atoms with Crippen LogP contribution in [-0.4, -0.2) is 42.7 Å². The molecule has 2 rings (SSSR count). The summed E-state index contributed by atoms with van der Waals surface area (Å²) in [6.07, 6.45) is -6.09. The molecule has 0 aliphatic carbocycles. The lowest BCUT2D eigenvalue weighted by Gasteiger charge is -2.38. The summed E-state index contributed by atoms with van der Waals surface area (Å²) in [5, 5.41) is 9.56. The summed E-state index contributed by atoms with van der Waals surface area (Å²) in [6, 6.07) is 6.10. The summed E-state index contributed by atoms with van der Waals surface area (Å²) in [7, 11) is -3.88. The Labute approximate surface area is 128 Å². The number of aliphatic hydroxyl groups is 1. The number of rotatable bonds is 2. The van der Waals surface area contributed by atoms with Gasteiger partial charge in [-0.3, -0.25) is 0 Å². The molecular weight excluding hydrogens is 375 g/mol. The number of benzene rings is 1. The van der Waals surface area contributed by atoms with E-state index >= 15 is 0 Å². The minimum absolute atomic E-state index is 0.00227. The Hall–Kier alpha value is -0.640. The predicted octanol–water partition coefficient (Wildman–Crippen LogP) is 2.53. The van der Waals surface area contributed by atoms with Crippen molar-refractivity contribution in [3.63, 3.8) is 0 Å². The van der Waals surface area contributed by atoms with Crippen LogP contribution in [0.25, 0.3) is 0 Å². The van der Waals surface area contributed by atoms with Crippen molar-refractivity contribution < 1.29 is 26.7 Å². The van der Waals surface area contributed by atoms with Crippen LogP contribution in [0.15, 0.2) is 33.6 Å². The molecule has 118 valence electrons. The van der Waals surface area contributed by atoms with Crippen molar-refractivity contribution in [3.8, 4) is 0 Å². The summed E-state index contributed by atoms with van der Waals surface area (Å²) >= 11 is 3.12. The van der Waals surface area contributed by atoms with E-state index in [0.29, 0.717) is 4.47 Å². The summed E-state index contributed by atoms with van der Waals surface area (Å²) in [5.41, 5.74) is -2.81. The van der Waals surface area contributed by atoms with Crippen molar-refractivity contribution in [2.45, 2.75) is 29.5 Å². The molecule has 1 N–H and O–H groups in total. The van der Waals surface area contributed by atoms with Crippen LogP contribution in [0.2, 0.25) is 0 Å². The molecule has 21 heavy (non-hydrogen) atoms. The van der Waals surface area contributed by atoms with Crippen LogP contribution in [-0.2, 0) is 10.0 Å². The van der Waals surface area contributed by atoms with Gasteiger partial charge in [0.2, 0.25) is 10.0 Å². The molecule has 0 saturated carbocycles. The molecule has 4 nitrogen and oxygen atoms in total. The molecule has 1 fully saturated rings. The molecule has 0 atom stereocenters.